The Labute approximate surface area is 164 Å². The normalized spacial score (nSPS) is 18.5. The number of hydrogen-bond donors (Lipinski definition) is 0. The highest BCUT2D eigenvalue weighted by atomic mass is 16.3. The van der Waals surface area contributed by atoms with Gasteiger partial charge in [0.2, 0.25) is 5.69 Å². The largest absolute Gasteiger partial charge is 0.456 e. The van der Waals surface area contributed by atoms with E-state index in [9.17, 15) is 0 Å². The van der Waals surface area contributed by atoms with Crippen LogP contribution in [0, 0.1) is 13.5 Å². The van der Waals surface area contributed by atoms with Crippen molar-refractivity contribution in [3.05, 3.63) is 71.1 Å². The molecule has 0 saturated carbocycles. The third-order valence-electron chi connectivity index (χ3n) is 4.53. The molecule has 0 radical (unpaired) electrons. The van der Waals surface area contributed by atoms with Crippen molar-refractivity contribution in [2.45, 2.75) is 26.6 Å². The van der Waals surface area contributed by atoms with Crippen molar-refractivity contribution in [3.8, 4) is 11.3 Å². The zero-order chi connectivity index (χ0) is 25.3. The van der Waals surface area contributed by atoms with Crippen LogP contribution in [0.2, 0.25) is 0 Å². The molecule has 1 atom stereocenters. The molecule has 0 saturated heterocycles. The standard InChI is InChI=1S/C23H21N2O/c1-14(2)20-18(24-4)12-11-17-16-10-9-15(3)21(23(16)26-22(17)20)19-8-6-7-13-25(19)5/h6-14H,1-3,5H3/q+1/i1D3,6D,7D,8D,13D,14D. The van der Waals surface area contributed by atoms with Gasteiger partial charge in [-0.3, -0.25) is 0 Å². The van der Waals surface area contributed by atoms with Gasteiger partial charge in [0.25, 0.3) is 0 Å². The van der Waals surface area contributed by atoms with Crippen LogP contribution >= 0.6 is 0 Å². The highest BCUT2D eigenvalue weighted by Gasteiger charge is 2.22. The number of benzene rings is 2. The number of hydrogen-bond acceptors (Lipinski definition) is 1. The van der Waals surface area contributed by atoms with E-state index in [2.05, 4.69) is 4.85 Å². The second-order valence-electron chi connectivity index (χ2n) is 6.20. The zero-order valence-corrected chi connectivity index (χ0v) is 14.6. The van der Waals surface area contributed by atoms with Crippen LogP contribution in [0.1, 0.15) is 41.8 Å². The molecule has 2 aromatic carbocycles. The summed E-state index contributed by atoms with van der Waals surface area (Å²) < 4.78 is 72.7. The molecule has 0 amide bonds. The molecule has 26 heavy (non-hydrogen) atoms. The Morgan fingerprint density at radius 3 is 2.77 bits per heavy atom. The van der Waals surface area contributed by atoms with Crippen LogP contribution in [0.3, 0.4) is 0 Å². The van der Waals surface area contributed by atoms with E-state index in [0.717, 1.165) is 0 Å². The maximum absolute atomic E-state index is 8.66. The maximum atomic E-state index is 8.66. The van der Waals surface area contributed by atoms with Crippen molar-refractivity contribution in [1.82, 2.24) is 0 Å². The second kappa shape index (κ2) is 6.00. The first-order chi connectivity index (χ1) is 15.7. The van der Waals surface area contributed by atoms with Crippen LogP contribution in [0.4, 0.5) is 5.69 Å². The molecule has 4 aromatic rings. The molecule has 0 spiro atoms. The molecular weight excluding hydrogens is 320 g/mol. The summed E-state index contributed by atoms with van der Waals surface area (Å²) in [5.41, 5.74) is 1.69. The average molecular weight is 349 g/mol. The summed E-state index contributed by atoms with van der Waals surface area (Å²) in [6, 6.07) is 5.71. The molecule has 0 aliphatic carbocycles. The molecule has 2 heterocycles. The van der Waals surface area contributed by atoms with Crippen LogP contribution in [0.25, 0.3) is 38.0 Å². The lowest BCUT2D eigenvalue weighted by Crippen LogP contribution is -2.30. The summed E-state index contributed by atoms with van der Waals surface area (Å²) in [5.74, 6) is -2.13. The molecule has 128 valence electrons. The highest BCUT2D eigenvalue weighted by Crippen LogP contribution is 2.42. The van der Waals surface area contributed by atoms with Crippen LogP contribution in [0.15, 0.2) is 53.0 Å². The van der Waals surface area contributed by atoms with Gasteiger partial charge in [0.05, 0.1) is 16.2 Å². The molecule has 3 heteroatoms. The van der Waals surface area contributed by atoms with E-state index in [1.165, 1.54) is 24.6 Å². The SMILES string of the molecule is [2H]c1c([2H])c([2H])[n+](C)c(-c2c(C)ccc3c2oc2c(C([2H])(C)C([2H])([2H])[2H])c([N+]#[C-])ccc23)c1[2H]. The Hall–Kier alpha value is -3.12. The van der Waals surface area contributed by atoms with E-state index in [4.69, 9.17) is 22.0 Å². The number of aryl methyl sites for hydroxylation is 1. The molecule has 2 aromatic heterocycles. The fraction of sp³-hybridized carbons (Fsp3) is 0.217. The predicted octanol–water partition coefficient (Wildman–Crippen LogP) is 6.06. The third kappa shape index (κ3) is 2.30. The van der Waals surface area contributed by atoms with Gasteiger partial charge in [0.15, 0.2) is 11.9 Å². The van der Waals surface area contributed by atoms with Gasteiger partial charge in [-0.1, -0.05) is 38.0 Å². The molecule has 0 fully saturated rings. The van der Waals surface area contributed by atoms with Gasteiger partial charge >= 0.3 is 0 Å². The van der Waals surface area contributed by atoms with Crippen molar-refractivity contribution in [2.75, 3.05) is 0 Å². The van der Waals surface area contributed by atoms with Crippen molar-refractivity contribution >= 4 is 27.6 Å². The lowest BCUT2D eigenvalue weighted by molar-refractivity contribution is -0.660. The average Bonchev–Trinajstić information content (AvgIpc) is 3.14. The quantitative estimate of drug-likeness (QED) is 0.318. The van der Waals surface area contributed by atoms with Crippen molar-refractivity contribution in [3.63, 3.8) is 0 Å². The van der Waals surface area contributed by atoms with Crippen molar-refractivity contribution in [2.24, 2.45) is 7.05 Å². The zero-order valence-electron chi connectivity index (χ0n) is 22.6. The maximum Gasteiger partial charge on any atom is 0.216 e. The summed E-state index contributed by atoms with van der Waals surface area (Å²) in [7, 11) is 1.53. The number of fused-ring (bicyclic) bond motifs is 3. The topological polar surface area (TPSA) is 21.4 Å². The predicted molar refractivity (Wildman–Crippen MR) is 105 cm³/mol. The minimum absolute atomic E-state index is 0.00522. The number of furan rings is 1. The molecule has 0 aliphatic heterocycles. The molecule has 4 rings (SSSR count). The Balaban J connectivity index is 2.22. The number of pyridine rings is 1. The van der Waals surface area contributed by atoms with E-state index in [0.29, 0.717) is 27.5 Å². The summed E-state index contributed by atoms with van der Waals surface area (Å²) in [6.07, 6.45) is -0.236. The highest BCUT2D eigenvalue weighted by molar-refractivity contribution is 6.11. The fourth-order valence-corrected chi connectivity index (χ4v) is 3.31. The molecule has 0 bridgehead atoms. The van der Waals surface area contributed by atoms with E-state index in [1.54, 1.807) is 25.1 Å². The molecule has 0 N–H and O–H groups in total. The summed E-state index contributed by atoms with van der Waals surface area (Å²) >= 11 is 0. The van der Waals surface area contributed by atoms with E-state index in [1.807, 2.05) is 0 Å². The fourth-order valence-electron chi connectivity index (χ4n) is 3.31. The second-order valence-corrected chi connectivity index (χ2v) is 6.20. The monoisotopic (exact) mass is 349 g/mol. The Morgan fingerprint density at radius 2 is 2.00 bits per heavy atom. The van der Waals surface area contributed by atoms with Gasteiger partial charge in [-0.2, -0.15) is 0 Å². The molecule has 3 nitrogen and oxygen atoms in total. The smallest absolute Gasteiger partial charge is 0.216 e. The first-order valence-corrected chi connectivity index (χ1v) is 8.07. The van der Waals surface area contributed by atoms with Crippen LogP contribution in [-0.2, 0) is 7.05 Å². The van der Waals surface area contributed by atoms with E-state index < -0.39 is 12.7 Å². The molecule has 1 unspecified atom stereocenters. The van der Waals surface area contributed by atoms with Crippen molar-refractivity contribution in [1.29, 1.82) is 0 Å². The minimum Gasteiger partial charge on any atom is -0.456 e. The summed E-state index contributed by atoms with van der Waals surface area (Å²) in [5, 5.41) is 1.10. The molecule has 0 aliphatic rings. The lowest BCUT2D eigenvalue weighted by atomic mass is 9.97. The van der Waals surface area contributed by atoms with Crippen LogP contribution in [0.5, 0.6) is 0 Å². The van der Waals surface area contributed by atoms with Gasteiger partial charge in [-0.05, 0) is 24.4 Å². The van der Waals surface area contributed by atoms with E-state index >= 15 is 0 Å². The third-order valence-corrected chi connectivity index (χ3v) is 4.53. The van der Waals surface area contributed by atoms with Crippen LogP contribution < -0.4 is 4.57 Å². The van der Waals surface area contributed by atoms with E-state index in [-0.39, 0.29) is 46.8 Å². The number of nitrogens with zero attached hydrogens (tertiary/aromatic N) is 2. The Bertz CT molecular complexity index is 1510. The number of aromatic nitrogens is 1. The first-order valence-electron chi connectivity index (χ1n) is 12.1. The first kappa shape index (κ1) is 9.54. The van der Waals surface area contributed by atoms with Crippen LogP contribution in [-0.4, -0.2) is 0 Å². The minimum atomic E-state index is -2.73. The molecular formula is C23H21N2O+. The van der Waals surface area contributed by atoms with Gasteiger partial charge in [-0.25, -0.2) is 9.41 Å². The number of rotatable bonds is 2. The summed E-state index contributed by atoms with van der Waals surface area (Å²) in [4.78, 5) is 3.45. The lowest BCUT2D eigenvalue weighted by Gasteiger charge is -2.08. The van der Waals surface area contributed by atoms with Gasteiger partial charge in [0, 0.05) is 33.9 Å². The van der Waals surface area contributed by atoms with Gasteiger partial charge in [0.1, 0.15) is 19.6 Å². The summed E-state index contributed by atoms with van der Waals surface area (Å²) in [6.45, 7) is 7.83. The van der Waals surface area contributed by atoms with Crippen molar-refractivity contribution < 1.29 is 20.0 Å². The Morgan fingerprint density at radius 1 is 1.23 bits per heavy atom. The van der Waals surface area contributed by atoms with Gasteiger partial charge < -0.3 is 4.42 Å². The Kier molecular flexibility index (Phi) is 2.20. The van der Waals surface area contributed by atoms with Gasteiger partial charge in [-0.15, -0.1) is 0 Å².